The number of fused-ring (bicyclic) bond motifs is 2. The average molecular weight is 549 g/mol. The highest BCUT2D eigenvalue weighted by atomic mass is 32.2. The first-order valence-electron chi connectivity index (χ1n) is 11.6. The average Bonchev–Trinajstić information content (AvgIpc) is 3.32. The quantitative estimate of drug-likeness (QED) is 0.508. The van der Waals surface area contributed by atoms with Gasteiger partial charge in [-0.1, -0.05) is 29.2 Å². The van der Waals surface area contributed by atoms with Gasteiger partial charge in [-0.25, -0.2) is 4.79 Å². The van der Waals surface area contributed by atoms with Crippen molar-refractivity contribution >= 4 is 46.9 Å². The van der Waals surface area contributed by atoms with E-state index in [0.717, 1.165) is 23.1 Å². The second-order valence-corrected chi connectivity index (χ2v) is 10.8. The summed E-state index contributed by atoms with van der Waals surface area (Å²) in [4.78, 5) is 66.7. The number of carbonyl (C=O) groups excluding carboxylic acids is 4. The smallest absolute Gasteiger partial charge is 0.328 e. The predicted molar refractivity (Wildman–Crippen MR) is 132 cm³/mol. The van der Waals surface area contributed by atoms with Gasteiger partial charge >= 0.3 is 10.9 Å². The van der Waals surface area contributed by atoms with Crippen LogP contribution in [0.2, 0.25) is 0 Å². The normalized spacial score (nSPS) is 23.1. The van der Waals surface area contributed by atoms with Crippen LogP contribution < -0.4 is 15.3 Å². The monoisotopic (exact) mass is 548 g/mol. The summed E-state index contributed by atoms with van der Waals surface area (Å²) in [6, 6.07) is 3.37. The number of phenols is 1. The fourth-order valence-electron chi connectivity index (χ4n) is 4.87. The van der Waals surface area contributed by atoms with Gasteiger partial charge in [0, 0.05) is 23.9 Å². The minimum absolute atomic E-state index is 0.109. The fourth-order valence-corrected chi connectivity index (χ4v) is 7.65. The van der Waals surface area contributed by atoms with Gasteiger partial charge in [-0.2, -0.15) is 4.90 Å². The molecule has 0 saturated carbocycles. The third kappa shape index (κ3) is 4.28. The number of aromatic hydroxyl groups is 1. The lowest BCUT2D eigenvalue weighted by molar-refractivity contribution is -0.137. The van der Waals surface area contributed by atoms with Gasteiger partial charge in [0.05, 0.1) is 30.8 Å². The van der Waals surface area contributed by atoms with Crippen molar-refractivity contribution in [2.45, 2.75) is 29.7 Å². The Kier molecular flexibility index (Phi) is 6.72. The molecule has 3 atom stereocenters. The molecule has 2 fully saturated rings. The lowest BCUT2D eigenvalue weighted by atomic mass is 9.83. The first-order chi connectivity index (χ1) is 17.7. The summed E-state index contributed by atoms with van der Waals surface area (Å²) < 4.78 is 12.1. The van der Waals surface area contributed by atoms with Crippen LogP contribution in [-0.2, 0) is 25.7 Å². The first-order valence-corrected chi connectivity index (χ1v) is 13.3. The summed E-state index contributed by atoms with van der Waals surface area (Å²) in [5.41, 5.74) is 5.87. The van der Waals surface area contributed by atoms with Gasteiger partial charge in [-0.3, -0.25) is 23.7 Å². The number of aromatic nitrogens is 1. The van der Waals surface area contributed by atoms with Gasteiger partial charge < -0.3 is 25.2 Å². The number of rotatable bonds is 5. The highest BCUT2D eigenvalue weighted by molar-refractivity contribution is 8.00. The van der Waals surface area contributed by atoms with E-state index in [4.69, 9.17) is 15.2 Å². The maximum atomic E-state index is 13.3. The highest BCUT2D eigenvalue weighted by Gasteiger charge is 2.58. The zero-order valence-corrected chi connectivity index (χ0v) is 21.4. The highest BCUT2D eigenvalue weighted by Crippen LogP contribution is 2.53. The number of morpholine rings is 1. The number of imide groups is 3. The molecule has 0 bridgehead atoms. The summed E-state index contributed by atoms with van der Waals surface area (Å²) in [5.74, 6) is -3.54. The van der Waals surface area contributed by atoms with E-state index in [2.05, 4.69) is 0 Å². The first kappa shape index (κ1) is 25.3. The summed E-state index contributed by atoms with van der Waals surface area (Å²) in [6.45, 7) is 3.43. The van der Waals surface area contributed by atoms with Crippen LogP contribution in [-0.4, -0.2) is 81.4 Å². The molecule has 0 spiro atoms. The largest absolute Gasteiger partial charge is 0.504 e. The van der Waals surface area contributed by atoms with Crippen molar-refractivity contribution in [1.29, 1.82) is 0 Å². The molecule has 12 nitrogen and oxygen atoms in total. The van der Waals surface area contributed by atoms with Crippen LogP contribution >= 0.6 is 23.1 Å². The molecular formula is C23H24N4O8S2. The zero-order valence-electron chi connectivity index (χ0n) is 19.7. The van der Waals surface area contributed by atoms with Crippen molar-refractivity contribution < 1.29 is 33.8 Å². The molecule has 2 saturated heterocycles. The number of ether oxygens (including phenoxy) is 2. The molecule has 5 amide bonds. The Morgan fingerprint density at radius 2 is 1.92 bits per heavy atom. The summed E-state index contributed by atoms with van der Waals surface area (Å²) in [6.07, 6.45) is 0. The Morgan fingerprint density at radius 3 is 2.59 bits per heavy atom. The molecule has 0 aliphatic carbocycles. The lowest BCUT2D eigenvalue weighted by Crippen LogP contribution is -2.43. The van der Waals surface area contributed by atoms with Gasteiger partial charge in [-0.05, 0) is 24.6 Å². The number of nitrogens with two attached hydrogens (primary N) is 1. The number of phenolic OH excluding ortho intramolecular Hbond substituents is 1. The maximum Gasteiger partial charge on any atom is 0.328 e. The van der Waals surface area contributed by atoms with Crippen molar-refractivity contribution in [1.82, 2.24) is 14.4 Å². The van der Waals surface area contributed by atoms with E-state index >= 15 is 0 Å². The minimum atomic E-state index is -1.17. The number of benzene rings is 1. The molecular weight excluding hydrogens is 524 g/mol. The summed E-state index contributed by atoms with van der Waals surface area (Å²) in [7, 11) is 0. The minimum Gasteiger partial charge on any atom is -0.504 e. The molecule has 0 radical (unpaired) electrons. The molecule has 37 heavy (non-hydrogen) atoms. The lowest BCUT2D eigenvalue weighted by Gasteiger charge is -2.31. The molecule has 196 valence electrons. The van der Waals surface area contributed by atoms with Crippen LogP contribution in [0.25, 0.3) is 0 Å². The maximum absolute atomic E-state index is 13.3. The SMILES string of the molecule is CCOc1cc([C@@H]2c3sc(=O)n(CC(=O)N4CCOCC4)c3S[C@@H]3C(=O)N(C(N)=O)C(=O)[C@H]23)ccc1O. The third-order valence-electron chi connectivity index (χ3n) is 6.57. The van der Waals surface area contributed by atoms with Crippen LogP contribution in [0.5, 0.6) is 11.5 Å². The number of hydrogen-bond donors (Lipinski definition) is 2. The molecule has 0 unspecified atom stereocenters. The molecule has 3 aliphatic rings. The number of carbonyl (C=O) groups is 4. The van der Waals surface area contributed by atoms with E-state index in [1.54, 1.807) is 24.0 Å². The number of primary amides is 1. The predicted octanol–water partition coefficient (Wildman–Crippen LogP) is 0.543. The van der Waals surface area contributed by atoms with Crippen molar-refractivity contribution in [3.63, 3.8) is 0 Å². The van der Waals surface area contributed by atoms with Crippen LogP contribution in [0.4, 0.5) is 4.79 Å². The molecule has 14 heteroatoms. The van der Waals surface area contributed by atoms with E-state index in [1.165, 1.54) is 10.6 Å². The zero-order chi connectivity index (χ0) is 26.4. The van der Waals surface area contributed by atoms with E-state index < -0.39 is 39.8 Å². The number of nitrogens with zero attached hydrogens (tertiary/aromatic N) is 3. The van der Waals surface area contributed by atoms with E-state index in [-0.39, 0.29) is 30.6 Å². The molecule has 3 N–H and O–H groups in total. The topological polar surface area (TPSA) is 161 Å². The Balaban J connectivity index is 1.61. The molecule has 5 rings (SSSR count). The van der Waals surface area contributed by atoms with Crippen LogP contribution in [0, 0.1) is 5.92 Å². The summed E-state index contributed by atoms with van der Waals surface area (Å²) >= 11 is 1.87. The number of hydrogen-bond acceptors (Lipinski definition) is 10. The van der Waals surface area contributed by atoms with Crippen molar-refractivity contribution in [2.75, 3.05) is 32.9 Å². The second kappa shape index (κ2) is 9.84. The number of likely N-dealkylation sites (tertiary alicyclic amines) is 1. The Morgan fingerprint density at radius 1 is 1.19 bits per heavy atom. The second-order valence-electron chi connectivity index (χ2n) is 8.67. The van der Waals surface area contributed by atoms with Gasteiger partial charge in [0.2, 0.25) is 11.8 Å². The van der Waals surface area contributed by atoms with Gasteiger partial charge in [0.1, 0.15) is 11.8 Å². The van der Waals surface area contributed by atoms with E-state index in [9.17, 15) is 29.1 Å². The summed E-state index contributed by atoms with van der Waals surface area (Å²) in [5, 5.41) is 9.57. The number of amides is 5. The fraction of sp³-hybridized carbons (Fsp3) is 0.435. The van der Waals surface area contributed by atoms with Crippen LogP contribution in [0.15, 0.2) is 28.0 Å². The number of thiazole rings is 1. The Hall–Kier alpha value is -3.36. The van der Waals surface area contributed by atoms with Gasteiger partial charge in [0.25, 0.3) is 5.91 Å². The Bertz CT molecular complexity index is 1350. The van der Waals surface area contributed by atoms with Crippen LogP contribution in [0.3, 0.4) is 0 Å². The molecule has 1 aromatic heterocycles. The van der Waals surface area contributed by atoms with Crippen molar-refractivity contribution in [2.24, 2.45) is 11.7 Å². The number of thioether (sulfide) groups is 1. The van der Waals surface area contributed by atoms with Crippen LogP contribution in [0.1, 0.15) is 23.3 Å². The molecule has 3 aliphatic heterocycles. The number of urea groups is 1. The Labute approximate surface area is 218 Å². The standard InChI is InChI=1S/C23H24N4O8S2/c1-2-35-13-9-11(3-4-12(13)28)15-16-17(20(31)27(19(16)30)22(24)32)36-21-18(15)37-23(33)26(21)10-14(29)25-5-7-34-8-6-25/h3-4,9,15-17,28H,2,5-8,10H2,1H3,(H2,24,32)/t15-,16+,17-/m0/s1. The van der Waals surface area contributed by atoms with Gasteiger partial charge in [-0.15, -0.1) is 0 Å². The molecule has 4 heterocycles. The van der Waals surface area contributed by atoms with Crippen molar-refractivity contribution in [3.05, 3.63) is 38.3 Å². The molecule has 1 aromatic carbocycles. The van der Waals surface area contributed by atoms with E-state index in [1.807, 2.05) is 0 Å². The van der Waals surface area contributed by atoms with Gasteiger partial charge in [0.15, 0.2) is 11.5 Å². The van der Waals surface area contributed by atoms with Crippen molar-refractivity contribution in [3.8, 4) is 11.5 Å². The third-order valence-corrected chi connectivity index (χ3v) is 9.17. The molecule has 2 aromatic rings. The van der Waals surface area contributed by atoms with E-state index in [0.29, 0.717) is 46.7 Å².